The number of imidazole rings is 1. The van der Waals surface area contributed by atoms with Crippen molar-refractivity contribution in [1.82, 2.24) is 34.7 Å². The molecule has 1 aliphatic heterocycles. The molecule has 1 fully saturated rings. The lowest BCUT2D eigenvalue weighted by atomic mass is 10.0. The van der Waals surface area contributed by atoms with Crippen molar-refractivity contribution in [2.45, 2.75) is 24.6 Å². The molecule has 1 aliphatic carbocycles. The van der Waals surface area contributed by atoms with E-state index in [0.717, 1.165) is 18.2 Å². The maximum atomic E-state index is 14.9. The highest BCUT2D eigenvalue weighted by molar-refractivity contribution is 6.31. The van der Waals surface area contributed by atoms with Gasteiger partial charge in [-0.2, -0.15) is 17.9 Å². The van der Waals surface area contributed by atoms with E-state index in [0.29, 0.717) is 27.7 Å². The minimum Gasteiger partial charge on any atom is -0.398 e. The number of nitrogens with zero attached hydrogens (tertiary/aromatic N) is 6. The second kappa shape index (κ2) is 8.49. The van der Waals surface area contributed by atoms with Gasteiger partial charge in [0.1, 0.15) is 23.5 Å². The van der Waals surface area contributed by atoms with Crippen molar-refractivity contribution in [3.05, 3.63) is 93.3 Å². The molecule has 0 amide bonds. The summed E-state index contributed by atoms with van der Waals surface area (Å²) in [5.74, 6) is -0.979. The summed E-state index contributed by atoms with van der Waals surface area (Å²) < 4.78 is 58.2. The molecule has 0 radical (unpaired) electrons. The van der Waals surface area contributed by atoms with E-state index >= 15 is 0 Å². The number of nitrogen functional groups attached to an aromatic ring is 1. The van der Waals surface area contributed by atoms with Gasteiger partial charge < -0.3 is 15.3 Å². The molecule has 14 heteroatoms. The Morgan fingerprint density at radius 2 is 1.93 bits per heavy atom. The van der Waals surface area contributed by atoms with E-state index in [4.69, 9.17) is 17.3 Å². The third-order valence-electron chi connectivity index (χ3n) is 7.49. The van der Waals surface area contributed by atoms with Gasteiger partial charge in [0, 0.05) is 39.5 Å². The first-order valence-electron chi connectivity index (χ1n) is 12.1. The molecule has 4 heterocycles. The van der Waals surface area contributed by atoms with E-state index in [9.17, 15) is 22.4 Å². The average molecular weight is 569 g/mol. The van der Waals surface area contributed by atoms with Crippen LogP contribution in [0.2, 0.25) is 5.02 Å². The zero-order chi connectivity index (χ0) is 27.9. The van der Waals surface area contributed by atoms with E-state index in [1.165, 1.54) is 29.3 Å². The molecule has 202 valence electrons. The number of H-pyrrole nitrogens is 1. The monoisotopic (exact) mass is 568 g/mol. The van der Waals surface area contributed by atoms with Gasteiger partial charge in [-0.05, 0) is 64.7 Å². The molecule has 0 bridgehead atoms. The Morgan fingerprint density at radius 3 is 2.67 bits per heavy atom. The summed E-state index contributed by atoms with van der Waals surface area (Å²) in [6.07, 6.45) is -1.45. The van der Waals surface area contributed by atoms with Gasteiger partial charge in [-0.15, -0.1) is 5.10 Å². The lowest BCUT2D eigenvalue weighted by Gasteiger charge is -2.18. The molecule has 40 heavy (non-hydrogen) atoms. The first-order chi connectivity index (χ1) is 19.1. The van der Waals surface area contributed by atoms with Crippen molar-refractivity contribution in [3.8, 4) is 28.1 Å². The number of aromatic amines is 1. The number of nitrogens with one attached hydrogen (secondary N) is 1. The maximum absolute atomic E-state index is 14.9. The molecule has 0 saturated heterocycles. The van der Waals surface area contributed by atoms with Crippen LogP contribution in [0, 0.1) is 11.7 Å². The third-order valence-corrected chi connectivity index (χ3v) is 7.73. The molecule has 9 nitrogen and oxygen atoms in total. The quantitative estimate of drug-likeness (QED) is 0.233. The number of benzene rings is 2. The fraction of sp³-hybridized carbons (Fsp3) is 0.192. The molecule has 3 atom stereocenters. The number of rotatable bonds is 4. The number of alkyl halides is 3. The molecule has 7 rings (SSSR count). The topological polar surface area (TPSA) is 120 Å². The highest BCUT2D eigenvalue weighted by Crippen LogP contribution is 2.60. The van der Waals surface area contributed by atoms with E-state index in [2.05, 4.69) is 25.5 Å². The predicted octanol–water partition coefficient (Wildman–Crippen LogP) is 4.98. The molecule has 5 aromatic rings. The summed E-state index contributed by atoms with van der Waals surface area (Å²) in [7, 11) is 0. The fourth-order valence-electron chi connectivity index (χ4n) is 5.68. The molecule has 2 aliphatic rings. The summed E-state index contributed by atoms with van der Waals surface area (Å²) in [6, 6.07) is 10.3. The van der Waals surface area contributed by atoms with Gasteiger partial charge in [-0.1, -0.05) is 11.6 Å². The van der Waals surface area contributed by atoms with Crippen molar-refractivity contribution in [2.75, 3.05) is 5.73 Å². The zero-order valence-corrected chi connectivity index (χ0v) is 20.9. The van der Waals surface area contributed by atoms with Crippen molar-refractivity contribution in [1.29, 1.82) is 0 Å². The van der Waals surface area contributed by atoms with Gasteiger partial charge in [0.15, 0.2) is 0 Å². The molecule has 0 spiro atoms. The van der Waals surface area contributed by atoms with E-state index in [-0.39, 0.29) is 28.7 Å². The van der Waals surface area contributed by atoms with Gasteiger partial charge in [-0.25, -0.2) is 9.37 Å². The average Bonchev–Trinajstić information content (AvgIpc) is 3.24. The van der Waals surface area contributed by atoms with Crippen LogP contribution in [0.4, 0.5) is 23.2 Å². The fourth-order valence-corrected chi connectivity index (χ4v) is 5.85. The number of fused-ring (bicyclic) bond motifs is 3. The number of hydrogen-bond donors (Lipinski definition) is 2. The predicted molar refractivity (Wildman–Crippen MR) is 136 cm³/mol. The molecule has 2 unspecified atom stereocenters. The Morgan fingerprint density at radius 1 is 1.10 bits per heavy atom. The number of nitrogens with two attached hydrogens (primary N) is 1. The molecular formula is C26H17ClF4N8O. The summed E-state index contributed by atoms with van der Waals surface area (Å²) in [4.78, 5) is 20.8. The number of halogens is 5. The first-order valence-corrected chi connectivity index (χ1v) is 12.5. The van der Waals surface area contributed by atoms with Crippen LogP contribution in [0.15, 0.2) is 59.8 Å². The highest BCUT2D eigenvalue weighted by atomic mass is 35.5. The van der Waals surface area contributed by atoms with Crippen LogP contribution in [0.5, 0.6) is 0 Å². The third kappa shape index (κ3) is 3.72. The lowest BCUT2D eigenvalue weighted by molar-refractivity contribution is -0.139. The van der Waals surface area contributed by atoms with E-state index in [1.807, 2.05) is 6.07 Å². The minimum atomic E-state index is -4.96. The molecule has 3 aromatic heterocycles. The highest BCUT2D eigenvalue weighted by Gasteiger charge is 2.54. The second-order valence-corrected chi connectivity index (χ2v) is 10.3. The Kier molecular flexibility index (Phi) is 5.20. The normalized spacial score (nSPS) is 19.5. The Hall–Kier alpha value is -4.52. The lowest BCUT2D eigenvalue weighted by Crippen LogP contribution is -2.26. The summed E-state index contributed by atoms with van der Waals surface area (Å²) in [5, 5.41) is 11.8. The van der Waals surface area contributed by atoms with Gasteiger partial charge in [0.25, 0.3) is 5.56 Å². The smallest absolute Gasteiger partial charge is 0.398 e. The minimum absolute atomic E-state index is 0.0540. The molecule has 2 aromatic carbocycles. The van der Waals surface area contributed by atoms with Crippen LogP contribution < -0.4 is 11.3 Å². The molecular weight excluding hydrogens is 552 g/mol. The van der Waals surface area contributed by atoms with Crippen molar-refractivity contribution >= 4 is 17.3 Å². The van der Waals surface area contributed by atoms with Gasteiger partial charge in [-0.3, -0.25) is 4.79 Å². The standard InChI is InChI=1S/C26H17ClF4N8O/c27-12-1-4-19(38-10-34-36-37-38)14(7-12)11-5-20-15-8-16(15)24(39(20)21(40)6-11)25-33-9-18(35-25)13-2-3-17(32)22(23(13)28)26(29,30)31/h1-7,9-10,15-16,24H,8,32H2,(H,33,35)/t15-,16?,24?/m0/s1. The van der Waals surface area contributed by atoms with Crippen LogP contribution >= 0.6 is 11.6 Å². The first kappa shape index (κ1) is 24.5. The Balaban J connectivity index is 1.29. The number of anilines is 1. The van der Waals surface area contributed by atoms with Crippen molar-refractivity contribution in [3.63, 3.8) is 0 Å². The van der Waals surface area contributed by atoms with Gasteiger partial charge in [0.2, 0.25) is 0 Å². The zero-order valence-electron chi connectivity index (χ0n) is 20.2. The largest absolute Gasteiger partial charge is 0.421 e. The van der Waals surface area contributed by atoms with Gasteiger partial charge in [0.05, 0.1) is 23.6 Å². The van der Waals surface area contributed by atoms with Crippen LogP contribution in [-0.4, -0.2) is 34.7 Å². The number of aromatic nitrogens is 7. The SMILES string of the molecule is Nc1ccc(-c2cnc(C3C4C[C@@H]4c4cc(-c5cc(Cl)ccc5-n5cnnn5)cc(=O)n43)[nH]2)c(F)c1C(F)(F)F. The number of hydrogen-bond acceptors (Lipinski definition) is 6. The molecule has 3 N–H and O–H groups in total. The number of pyridine rings is 1. The van der Waals surface area contributed by atoms with Crippen molar-refractivity contribution < 1.29 is 17.6 Å². The summed E-state index contributed by atoms with van der Waals surface area (Å²) >= 11 is 6.28. The Bertz CT molecular complexity index is 1860. The van der Waals surface area contributed by atoms with Crippen LogP contribution in [0.1, 0.15) is 35.5 Å². The maximum Gasteiger partial charge on any atom is 0.421 e. The number of tetrazole rings is 1. The van der Waals surface area contributed by atoms with Crippen LogP contribution in [0.25, 0.3) is 28.1 Å². The summed E-state index contributed by atoms with van der Waals surface area (Å²) in [5.41, 5.74) is 5.37. The van der Waals surface area contributed by atoms with E-state index in [1.54, 1.807) is 22.8 Å². The molecule has 1 saturated carbocycles. The van der Waals surface area contributed by atoms with Crippen LogP contribution in [-0.2, 0) is 6.18 Å². The Labute approximate surface area is 227 Å². The summed E-state index contributed by atoms with van der Waals surface area (Å²) in [6.45, 7) is 0. The van der Waals surface area contributed by atoms with Crippen LogP contribution in [0.3, 0.4) is 0 Å². The van der Waals surface area contributed by atoms with E-state index < -0.39 is 29.3 Å². The second-order valence-electron chi connectivity index (χ2n) is 9.82. The van der Waals surface area contributed by atoms with Gasteiger partial charge >= 0.3 is 6.18 Å². The van der Waals surface area contributed by atoms with Crippen molar-refractivity contribution in [2.24, 2.45) is 5.92 Å².